The van der Waals surface area contributed by atoms with E-state index in [4.69, 9.17) is 5.11 Å². The highest BCUT2D eigenvalue weighted by molar-refractivity contribution is 6.03. The number of carboxylic acid groups (broad SMARTS) is 1. The van der Waals surface area contributed by atoms with Gasteiger partial charge in [0.15, 0.2) is 0 Å². The lowest BCUT2D eigenvalue weighted by Gasteiger charge is -2.17. The van der Waals surface area contributed by atoms with Gasteiger partial charge in [-0.2, -0.15) is 0 Å². The van der Waals surface area contributed by atoms with Gasteiger partial charge in [0.05, 0.1) is 6.42 Å². The molecule has 0 fully saturated rings. The summed E-state index contributed by atoms with van der Waals surface area (Å²) < 4.78 is 0. The van der Waals surface area contributed by atoms with Gasteiger partial charge in [-0.25, -0.2) is 4.79 Å². The smallest absolute Gasteiger partial charge is 0.324 e. The van der Waals surface area contributed by atoms with E-state index in [1.165, 1.54) is 7.05 Å². The van der Waals surface area contributed by atoms with Gasteiger partial charge in [0.25, 0.3) is 5.91 Å². The second kappa shape index (κ2) is 8.10. The van der Waals surface area contributed by atoms with E-state index < -0.39 is 17.9 Å². The van der Waals surface area contributed by atoms with Crippen LogP contribution in [0.4, 0.5) is 4.79 Å². The number of imide groups is 1. The number of amides is 3. The summed E-state index contributed by atoms with van der Waals surface area (Å²) in [4.78, 5) is 36.5. The summed E-state index contributed by atoms with van der Waals surface area (Å²) >= 11 is 0. The van der Waals surface area contributed by atoms with E-state index in [0.29, 0.717) is 11.1 Å². The van der Waals surface area contributed by atoms with Crippen molar-refractivity contribution in [1.29, 1.82) is 0 Å². The van der Waals surface area contributed by atoms with E-state index in [9.17, 15) is 14.4 Å². The molecule has 0 aliphatic carbocycles. The lowest BCUT2D eigenvalue weighted by atomic mass is 9.99. The third-order valence-corrected chi connectivity index (χ3v) is 3.90. The molecule has 2 aromatic carbocycles. The third kappa shape index (κ3) is 4.67. The number of carboxylic acids is 1. The normalized spacial score (nSPS) is 10.2. The minimum Gasteiger partial charge on any atom is -0.481 e. The van der Waals surface area contributed by atoms with Crippen LogP contribution in [0, 0.1) is 6.92 Å². The maximum atomic E-state index is 12.3. The first-order valence-electron chi connectivity index (χ1n) is 7.80. The SMILES string of the molecule is Cc1cccc(CNC(=O)N(C)C(=O)c2ccccc2)c1CC(=O)O. The molecule has 0 heterocycles. The standard InChI is InChI=1S/C19H20N2O4/c1-13-7-6-10-15(16(13)11-17(22)23)12-20-19(25)21(2)18(24)14-8-4-3-5-9-14/h3-10H,11-12H2,1-2H3,(H,20,25)(H,22,23). The Bertz CT molecular complexity index is 787. The number of hydrogen-bond donors (Lipinski definition) is 2. The molecular formula is C19H20N2O4. The number of carbonyl (C=O) groups excluding carboxylic acids is 2. The first kappa shape index (κ1) is 18.2. The molecule has 0 saturated heterocycles. The highest BCUT2D eigenvalue weighted by atomic mass is 16.4. The summed E-state index contributed by atoms with van der Waals surface area (Å²) in [5.74, 6) is -1.34. The van der Waals surface area contributed by atoms with Gasteiger partial charge in [0.2, 0.25) is 0 Å². The van der Waals surface area contributed by atoms with Gasteiger partial charge < -0.3 is 10.4 Å². The van der Waals surface area contributed by atoms with Crippen LogP contribution in [0.1, 0.15) is 27.0 Å². The Morgan fingerprint density at radius 2 is 1.72 bits per heavy atom. The molecule has 3 amide bonds. The predicted molar refractivity (Wildman–Crippen MR) is 93.3 cm³/mol. The number of nitrogens with zero attached hydrogens (tertiary/aromatic N) is 1. The molecule has 0 bridgehead atoms. The van der Waals surface area contributed by atoms with Crippen molar-refractivity contribution >= 4 is 17.9 Å². The Balaban J connectivity index is 2.06. The fourth-order valence-electron chi connectivity index (χ4n) is 2.49. The van der Waals surface area contributed by atoms with E-state index in [2.05, 4.69) is 5.32 Å². The second-order valence-electron chi connectivity index (χ2n) is 5.67. The molecule has 2 aromatic rings. The largest absolute Gasteiger partial charge is 0.481 e. The van der Waals surface area contributed by atoms with Crippen molar-refractivity contribution in [3.05, 3.63) is 70.8 Å². The number of aliphatic carboxylic acids is 1. The van der Waals surface area contributed by atoms with E-state index in [1.54, 1.807) is 42.5 Å². The van der Waals surface area contributed by atoms with Gasteiger partial charge in [-0.1, -0.05) is 36.4 Å². The van der Waals surface area contributed by atoms with Gasteiger partial charge in [0, 0.05) is 19.2 Å². The molecule has 0 saturated carbocycles. The van der Waals surface area contributed by atoms with Gasteiger partial charge in [0.1, 0.15) is 0 Å². The number of carbonyl (C=O) groups is 3. The number of nitrogens with one attached hydrogen (secondary N) is 1. The molecule has 0 unspecified atom stereocenters. The first-order valence-corrected chi connectivity index (χ1v) is 7.80. The molecule has 130 valence electrons. The van der Waals surface area contributed by atoms with E-state index >= 15 is 0 Å². The summed E-state index contributed by atoms with van der Waals surface area (Å²) in [5, 5.41) is 11.7. The molecule has 0 atom stereocenters. The molecule has 2 N–H and O–H groups in total. The van der Waals surface area contributed by atoms with E-state index in [-0.39, 0.29) is 13.0 Å². The van der Waals surface area contributed by atoms with E-state index in [0.717, 1.165) is 16.0 Å². The van der Waals surface area contributed by atoms with Crippen LogP contribution in [-0.2, 0) is 17.8 Å². The number of rotatable bonds is 5. The minimum absolute atomic E-state index is 0.114. The van der Waals surface area contributed by atoms with Crippen LogP contribution >= 0.6 is 0 Å². The zero-order valence-corrected chi connectivity index (χ0v) is 14.2. The summed E-state index contributed by atoms with van der Waals surface area (Å²) in [5.41, 5.74) is 2.66. The lowest BCUT2D eigenvalue weighted by molar-refractivity contribution is -0.136. The number of hydrogen-bond acceptors (Lipinski definition) is 3. The molecule has 0 spiro atoms. The van der Waals surface area contributed by atoms with Crippen LogP contribution in [0.2, 0.25) is 0 Å². The highest BCUT2D eigenvalue weighted by Crippen LogP contribution is 2.15. The summed E-state index contributed by atoms with van der Waals surface area (Å²) in [6, 6.07) is 13.4. The van der Waals surface area contributed by atoms with Crippen molar-refractivity contribution < 1.29 is 19.5 Å². The molecule has 2 rings (SSSR count). The van der Waals surface area contributed by atoms with Crippen molar-refractivity contribution in [2.24, 2.45) is 0 Å². The van der Waals surface area contributed by atoms with Gasteiger partial charge >= 0.3 is 12.0 Å². The van der Waals surface area contributed by atoms with Gasteiger partial charge in [-0.05, 0) is 35.7 Å². The van der Waals surface area contributed by atoms with Crippen molar-refractivity contribution in [1.82, 2.24) is 10.2 Å². The molecular weight excluding hydrogens is 320 g/mol. The summed E-state index contributed by atoms with van der Waals surface area (Å²) in [7, 11) is 1.40. The Morgan fingerprint density at radius 1 is 1.04 bits per heavy atom. The van der Waals surface area contributed by atoms with Crippen LogP contribution in [0.5, 0.6) is 0 Å². The molecule has 25 heavy (non-hydrogen) atoms. The van der Waals surface area contributed by atoms with Crippen LogP contribution in [-0.4, -0.2) is 35.0 Å². The molecule has 6 heteroatoms. The summed E-state index contributed by atoms with van der Waals surface area (Å²) in [6.07, 6.45) is -0.114. The fraction of sp³-hybridized carbons (Fsp3) is 0.211. The van der Waals surface area contributed by atoms with Gasteiger partial charge in [-0.3, -0.25) is 14.5 Å². The monoisotopic (exact) mass is 340 g/mol. The van der Waals surface area contributed by atoms with Crippen molar-refractivity contribution in [2.75, 3.05) is 7.05 Å². The number of urea groups is 1. The van der Waals surface area contributed by atoms with Crippen LogP contribution in [0.25, 0.3) is 0 Å². The predicted octanol–water partition coefficient (Wildman–Crippen LogP) is 2.60. The maximum absolute atomic E-state index is 12.3. The zero-order chi connectivity index (χ0) is 18.4. The molecule has 0 aliphatic heterocycles. The Morgan fingerprint density at radius 3 is 2.36 bits per heavy atom. The summed E-state index contributed by atoms with van der Waals surface area (Å²) in [6.45, 7) is 1.98. The minimum atomic E-state index is -0.932. The average Bonchev–Trinajstić information content (AvgIpc) is 2.61. The van der Waals surface area contributed by atoms with Crippen LogP contribution in [0.3, 0.4) is 0 Å². The van der Waals surface area contributed by atoms with Gasteiger partial charge in [-0.15, -0.1) is 0 Å². The third-order valence-electron chi connectivity index (χ3n) is 3.90. The lowest BCUT2D eigenvalue weighted by Crippen LogP contribution is -2.40. The quantitative estimate of drug-likeness (QED) is 0.876. The average molecular weight is 340 g/mol. The number of aryl methyl sites for hydroxylation is 1. The van der Waals surface area contributed by atoms with Crippen LogP contribution in [0.15, 0.2) is 48.5 Å². The number of benzene rings is 2. The van der Waals surface area contributed by atoms with Crippen molar-refractivity contribution in [3.63, 3.8) is 0 Å². The van der Waals surface area contributed by atoms with Crippen molar-refractivity contribution in [2.45, 2.75) is 19.9 Å². The maximum Gasteiger partial charge on any atom is 0.324 e. The molecule has 0 aromatic heterocycles. The fourth-order valence-corrected chi connectivity index (χ4v) is 2.49. The zero-order valence-electron chi connectivity index (χ0n) is 14.2. The van der Waals surface area contributed by atoms with E-state index in [1.807, 2.05) is 13.0 Å². The first-order chi connectivity index (χ1) is 11.9. The molecule has 0 aliphatic rings. The molecule has 0 radical (unpaired) electrons. The topological polar surface area (TPSA) is 86.7 Å². The Kier molecular flexibility index (Phi) is 5.89. The van der Waals surface area contributed by atoms with Crippen molar-refractivity contribution in [3.8, 4) is 0 Å². The van der Waals surface area contributed by atoms with Crippen LogP contribution < -0.4 is 5.32 Å². The molecule has 6 nitrogen and oxygen atoms in total. The Hall–Kier alpha value is -3.15. The Labute approximate surface area is 146 Å². The second-order valence-corrected chi connectivity index (χ2v) is 5.67. The highest BCUT2D eigenvalue weighted by Gasteiger charge is 2.18.